The maximum atomic E-state index is 5.52. The summed E-state index contributed by atoms with van der Waals surface area (Å²) >= 11 is 0. The summed E-state index contributed by atoms with van der Waals surface area (Å²) in [4.78, 5) is 4.70. The van der Waals surface area contributed by atoms with Crippen LogP contribution in [0.3, 0.4) is 0 Å². The highest BCUT2D eigenvalue weighted by Crippen LogP contribution is 2.37. The van der Waals surface area contributed by atoms with Crippen LogP contribution in [0, 0.1) is 11.8 Å². The monoisotopic (exact) mass is 277 g/mol. The lowest BCUT2D eigenvalue weighted by atomic mass is 9.80. The molecule has 1 saturated heterocycles. The summed E-state index contributed by atoms with van der Waals surface area (Å²) in [5.41, 5.74) is 0. The normalized spacial score (nSPS) is 34.5. The SMILES string of the molecule is CCCC1CCC(c2noc(C3NCCC3C)n2)CC1. The maximum Gasteiger partial charge on any atom is 0.244 e. The summed E-state index contributed by atoms with van der Waals surface area (Å²) in [6.07, 6.45) is 9.03. The Morgan fingerprint density at radius 1 is 1.20 bits per heavy atom. The zero-order chi connectivity index (χ0) is 13.9. The van der Waals surface area contributed by atoms with Gasteiger partial charge in [0.25, 0.3) is 0 Å². The second-order valence-electron chi connectivity index (χ2n) is 6.69. The molecule has 3 rings (SSSR count). The van der Waals surface area contributed by atoms with Gasteiger partial charge < -0.3 is 9.84 Å². The van der Waals surface area contributed by atoms with Crippen molar-refractivity contribution >= 4 is 0 Å². The molecule has 2 heterocycles. The van der Waals surface area contributed by atoms with Crippen LogP contribution in [0.5, 0.6) is 0 Å². The molecule has 112 valence electrons. The molecule has 1 aliphatic carbocycles. The number of hydrogen-bond donors (Lipinski definition) is 1. The molecule has 1 aromatic heterocycles. The summed E-state index contributed by atoms with van der Waals surface area (Å²) < 4.78 is 5.52. The van der Waals surface area contributed by atoms with Crippen LogP contribution in [0.25, 0.3) is 0 Å². The Morgan fingerprint density at radius 3 is 2.65 bits per heavy atom. The topological polar surface area (TPSA) is 51.0 Å². The Balaban J connectivity index is 1.60. The molecule has 2 unspecified atom stereocenters. The number of nitrogens with zero attached hydrogens (tertiary/aromatic N) is 2. The first-order valence-corrected chi connectivity index (χ1v) is 8.34. The lowest BCUT2D eigenvalue weighted by molar-refractivity contribution is 0.289. The van der Waals surface area contributed by atoms with E-state index in [1.807, 2.05) is 0 Å². The maximum absolute atomic E-state index is 5.52. The van der Waals surface area contributed by atoms with Gasteiger partial charge in [-0.1, -0.05) is 31.8 Å². The van der Waals surface area contributed by atoms with Gasteiger partial charge in [0.1, 0.15) is 0 Å². The first kappa shape index (κ1) is 14.1. The van der Waals surface area contributed by atoms with Gasteiger partial charge in [-0.15, -0.1) is 0 Å². The lowest BCUT2D eigenvalue weighted by Crippen LogP contribution is -2.17. The third-order valence-electron chi connectivity index (χ3n) is 5.17. The third-order valence-corrected chi connectivity index (χ3v) is 5.17. The molecule has 2 aliphatic rings. The highest BCUT2D eigenvalue weighted by Gasteiger charge is 2.31. The van der Waals surface area contributed by atoms with Crippen LogP contribution in [0.2, 0.25) is 0 Å². The lowest BCUT2D eigenvalue weighted by Gasteiger charge is -2.26. The van der Waals surface area contributed by atoms with E-state index in [1.54, 1.807) is 0 Å². The smallest absolute Gasteiger partial charge is 0.244 e. The standard InChI is InChI=1S/C16H27N3O/c1-3-4-12-5-7-13(8-6-12)15-18-16(20-19-15)14-11(2)9-10-17-14/h11-14,17H,3-10H2,1-2H3. The van der Waals surface area contributed by atoms with Crippen LogP contribution in [0.15, 0.2) is 4.52 Å². The van der Waals surface area contributed by atoms with E-state index in [2.05, 4.69) is 24.3 Å². The summed E-state index contributed by atoms with van der Waals surface area (Å²) in [5.74, 6) is 3.82. The largest absolute Gasteiger partial charge is 0.338 e. The quantitative estimate of drug-likeness (QED) is 0.909. The van der Waals surface area contributed by atoms with Gasteiger partial charge in [0, 0.05) is 5.92 Å². The van der Waals surface area contributed by atoms with E-state index < -0.39 is 0 Å². The Labute approximate surface area is 121 Å². The Morgan fingerprint density at radius 2 is 2.00 bits per heavy atom. The van der Waals surface area contributed by atoms with E-state index >= 15 is 0 Å². The minimum absolute atomic E-state index is 0.271. The summed E-state index contributed by atoms with van der Waals surface area (Å²) in [5, 5.41) is 7.73. The molecule has 1 aromatic rings. The van der Waals surface area contributed by atoms with E-state index in [1.165, 1.54) is 44.9 Å². The number of hydrogen-bond acceptors (Lipinski definition) is 4. The fourth-order valence-corrected chi connectivity index (χ4v) is 3.82. The van der Waals surface area contributed by atoms with E-state index in [0.717, 1.165) is 24.2 Å². The number of aromatic nitrogens is 2. The molecule has 1 N–H and O–H groups in total. The van der Waals surface area contributed by atoms with Crippen molar-refractivity contribution in [3.8, 4) is 0 Å². The molecule has 0 radical (unpaired) electrons. The van der Waals surface area contributed by atoms with E-state index in [-0.39, 0.29) is 6.04 Å². The minimum Gasteiger partial charge on any atom is -0.338 e. The molecule has 0 spiro atoms. The van der Waals surface area contributed by atoms with Crippen LogP contribution in [-0.2, 0) is 0 Å². The van der Waals surface area contributed by atoms with Crippen molar-refractivity contribution in [1.82, 2.24) is 15.5 Å². The highest BCUT2D eigenvalue weighted by molar-refractivity contribution is 5.02. The first-order valence-electron chi connectivity index (χ1n) is 8.34. The molecule has 4 heteroatoms. The average Bonchev–Trinajstić information content (AvgIpc) is 3.08. The van der Waals surface area contributed by atoms with Crippen molar-refractivity contribution in [2.24, 2.45) is 11.8 Å². The van der Waals surface area contributed by atoms with Crippen LogP contribution < -0.4 is 5.32 Å². The molecule has 4 nitrogen and oxygen atoms in total. The summed E-state index contributed by atoms with van der Waals surface area (Å²) in [6, 6.07) is 0.271. The van der Waals surface area contributed by atoms with Gasteiger partial charge in [0.05, 0.1) is 6.04 Å². The van der Waals surface area contributed by atoms with Crippen LogP contribution in [0.1, 0.15) is 82.5 Å². The second kappa shape index (κ2) is 6.25. The van der Waals surface area contributed by atoms with E-state index in [0.29, 0.717) is 11.8 Å². The predicted octanol–water partition coefficient (Wildman–Crippen LogP) is 3.81. The number of nitrogens with one attached hydrogen (secondary N) is 1. The van der Waals surface area contributed by atoms with Gasteiger partial charge in [0.2, 0.25) is 5.89 Å². The zero-order valence-electron chi connectivity index (χ0n) is 12.8. The van der Waals surface area contributed by atoms with Gasteiger partial charge in [-0.3, -0.25) is 0 Å². The van der Waals surface area contributed by atoms with Crippen molar-refractivity contribution in [3.05, 3.63) is 11.7 Å². The molecule has 1 aliphatic heterocycles. The molecule has 0 amide bonds. The van der Waals surface area contributed by atoms with Crippen molar-refractivity contribution in [2.75, 3.05) is 6.54 Å². The van der Waals surface area contributed by atoms with Crippen LogP contribution in [0.4, 0.5) is 0 Å². The van der Waals surface area contributed by atoms with Gasteiger partial charge in [-0.25, -0.2) is 0 Å². The Hall–Kier alpha value is -0.900. The fourth-order valence-electron chi connectivity index (χ4n) is 3.82. The van der Waals surface area contributed by atoms with Gasteiger partial charge >= 0.3 is 0 Å². The van der Waals surface area contributed by atoms with Gasteiger partial charge in [-0.2, -0.15) is 4.98 Å². The van der Waals surface area contributed by atoms with Crippen LogP contribution in [-0.4, -0.2) is 16.7 Å². The van der Waals surface area contributed by atoms with Crippen molar-refractivity contribution in [2.45, 2.75) is 70.8 Å². The van der Waals surface area contributed by atoms with E-state index in [4.69, 9.17) is 9.51 Å². The highest BCUT2D eigenvalue weighted by atomic mass is 16.5. The van der Waals surface area contributed by atoms with Crippen molar-refractivity contribution in [1.29, 1.82) is 0 Å². The molecule has 0 aromatic carbocycles. The fraction of sp³-hybridized carbons (Fsp3) is 0.875. The Kier molecular flexibility index (Phi) is 4.39. The molecule has 2 atom stereocenters. The number of rotatable bonds is 4. The average molecular weight is 277 g/mol. The summed E-state index contributed by atoms with van der Waals surface area (Å²) in [7, 11) is 0. The van der Waals surface area contributed by atoms with Crippen LogP contribution >= 0.6 is 0 Å². The second-order valence-corrected chi connectivity index (χ2v) is 6.69. The van der Waals surface area contributed by atoms with Gasteiger partial charge in [-0.05, 0) is 50.5 Å². The molecule has 2 fully saturated rings. The van der Waals surface area contributed by atoms with Crippen molar-refractivity contribution in [3.63, 3.8) is 0 Å². The summed E-state index contributed by atoms with van der Waals surface area (Å²) in [6.45, 7) is 5.60. The molecule has 0 bridgehead atoms. The molecule has 1 saturated carbocycles. The predicted molar refractivity (Wildman–Crippen MR) is 78.4 cm³/mol. The van der Waals surface area contributed by atoms with E-state index in [9.17, 15) is 0 Å². The third kappa shape index (κ3) is 2.90. The van der Waals surface area contributed by atoms with Crippen molar-refractivity contribution < 1.29 is 4.52 Å². The Bertz CT molecular complexity index is 423. The zero-order valence-corrected chi connectivity index (χ0v) is 12.8. The minimum atomic E-state index is 0.271. The molecular formula is C16H27N3O. The molecular weight excluding hydrogens is 250 g/mol. The van der Waals surface area contributed by atoms with Gasteiger partial charge in [0.15, 0.2) is 5.82 Å². The first-order chi connectivity index (χ1) is 9.78. The molecule has 20 heavy (non-hydrogen) atoms.